The van der Waals surface area contributed by atoms with Crippen molar-refractivity contribution < 1.29 is 9.84 Å². The monoisotopic (exact) mass is 276 g/mol. The van der Waals surface area contributed by atoms with E-state index in [-0.39, 0.29) is 10.8 Å². The topological polar surface area (TPSA) is 44.7 Å². The Bertz CT molecular complexity index is 395. The highest BCUT2D eigenvalue weighted by molar-refractivity contribution is 6.35. The number of rotatable bonds is 3. The van der Waals surface area contributed by atoms with Gasteiger partial charge in [0.2, 0.25) is 0 Å². The lowest BCUT2D eigenvalue weighted by Gasteiger charge is -2.27. The van der Waals surface area contributed by atoms with Crippen molar-refractivity contribution in [3.05, 3.63) is 27.7 Å². The number of hydrogen-bond acceptors (Lipinski definition) is 4. The van der Waals surface area contributed by atoms with E-state index in [0.29, 0.717) is 17.1 Å². The Morgan fingerprint density at radius 1 is 1.29 bits per heavy atom. The molecule has 0 bridgehead atoms. The van der Waals surface area contributed by atoms with Crippen molar-refractivity contribution in [1.29, 1.82) is 0 Å². The molecule has 6 heteroatoms. The third kappa shape index (κ3) is 3.47. The van der Waals surface area contributed by atoms with Crippen LogP contribution in [0.5, 0.6) is 5.75 Å². The van der Waals surface area contributed by atoms with Gasteiger partial charge < -0.3 is 9.84 Å². The number of nitrogens with zero attached hydrogens (tertiary/aromatic N) is 1. The summed E-state index contributed by atoms with van der Waals surface area (Å²) in [6.07, 6.45) is 0. The molecule has 0 spiro atoms. The Kier molecular flexibility index (Phi) is 4.48. The molecule has 17 heavy (non-hydrogen) atoms. The van der Waals surface area contributed by atoms with Crippen LogP contribution < -0.4 is 5.43 Å². The molecule has 94 valence electrons. The zero-order valence-electron chi connectivity index (χ0n) is 9.25. The van der Waals surface area contributed by atoms with E-state index in [9.17, 15) is 5.11 Å². The summed E-state index contributed by atoms with van der Waals surface area (Å²) in [5, 5.41) is 12.6. The number of morpholine rings is 1. The molecule has 0 unspecified atom stereocenters. The molecule has 0 aliphatic carbocycles. The van der Waals surface area contributed by atoms with Crippen molar-refractivity contribution >= 4 is 23.2 Å². The molecule has 1 heterocycles. The maximum atomic E-state index is 9.78. The Morgan fingerprint density at radius 2 is 2.00 bits per heavy atom. The molecule has 0 atom stereocenters. The largest absolute Gasteiger partial charge is 0.506 e. The fourth-order valence-electron chi connectivity index (χ4n) is 1.67. The van der Waals surface area contributed by atoms with Crippen LogP contribution in [0.3, 0.4) is 0 Å². The van der Waals surface area contributed by atoms with Gasteiger partial charge >= 0.3 is 0 Å². The standard InChI is InChI=1S/C11H14Cl2N2O2/c12-9-5-8(11(16)10(13)6-9)7-14-15-1-3-17-4-2-15/h5-6,14,16H,1-4,7H2. The molecule has 0 aromatic heterocycles. The molecule has 1 aromatic carbocycles. The van der Waals surface area contributed by atoms with Crippen molar-refractivity contribution in [1.82, 2.24) is 10.4 Å². The van der Waals surface area contributed by atoms with E-state index in [0.717, 1.165) is 26.3 Å². The molecular weight excluding hydrogens is 263 g/mol. The number of hydrogen-bond donors (Lipinski definition) is 2. The fourth-order valence-corrected chi connectivity index (χ4v) is 2.21. The number of ether oxygens (including phenoxy) is 1. The van der Waals surface area contributed by atoms with Gasteiger partial charge in [-0.15, -0.1) is 0 Å². The van der Waals surface area contributed by atoms with E-state index in [1.54, 1.807) is 6.07 Å². The molecule has 4 nitrogen and oxygen atoms in total. The van der Waals surface area contributed by atoms with Crippen molar-refractivity contribution in [2.24, 2.45) is 0 Å². The maximum absolute atomic E-state index is 9.78. The fraction of sp³-hybridized carbons (Fsp3) is 0.455. The number of phenolic OH excluding ortho intramolecular Hbond substituents is 1. The molecule has 1 aliphatic rings. The first-order valence-electron chi connectivity index (χ1n) is 5.40. The van der Waals surface area contributed by atoms with Crippen LogP contribution in [-0.4, -0.2) is 36.4 Å². The lowest BCUT2D eigenvalue weighted by atomic mass is 10.2. The van der Waals surface area contributed by atoms with E-state index in [4.69, 9.17) is 27.9 Å². The predicted octanol–water partition coefficient (Wildman–Crippen LogP) is 2.04. The summed E-state index contributed by atoms with van der Waals surface area (Å²) in [7, 11) is 0. The molecule has 1 fully saturated rings. The number of nitrogens with one attached hydrogen (secondary N) is 1. The number of phenols is 1. The van der Waals surface area contributed by atoms with Crippen LogP contribution in [0.1, 0.15) is 5.56 Å². The van der Waals surface area contributed by atoms with E-state index < -0.39 is 0 Å². The van der Waals surface area contributed by atoms with E-state index >= 15 is 0 Å². The number of hydrazine groups is 1. The van der Waals surface area contributed by atoms with Gasteiger partial charge in [-0.25, -0.2) is 5.01 Å². The van der Waals surface area contributed by atoms with Crippen LogP contribution in [0.25, 0.3) is 0 Å². The number of benzene rings is 1. The zero-order chi connectivity index (χ0) is 12.3. The van der Waals surface area contributed by atoms with Gasteiger partial charge in [-0.05, 0) is 12.1 Å². The van der Waals surface area contributed by atoms with E-state index in [2.05, 4.69) is 10.4 Å². The summed E-state index contributed by atoms with van der Waals surface area (Å²) in [4.78, 5) is 0. The minimum Gasteiger partial charge on any atom is -0.506 e. The van der Waals surface area contributed by atoms with Gasteiger partial charge in [-0.2, -0.15) is 0 Å². The van der Waals surface area contributed by atoms with Crippen LogP contribution in [0.15, 0.2) is 12.1 Å². The normalized spacial score (nSPS) is 17.3. The van der Waals surface area contributed by atoms with Gasteiger partial charge in [0.05, 0.1) is 18.2 Å². The summed E-state index contributed by atoms with van der Waals surface area (Å²) in [5.74, 6) is 0.0804. The Balaban J connectivity index is 1.98. The molecule has 2 rings (SSSR count). The molecule has 1 aromatic rings. The molecule has 1 aliphatic heterocycles. The van der Waals surface area contributed by atoms with Crippen molar-refractivity contribution in [3.63, 3.8) is 0 Å². The van der Waals surface area contributed by atoms with Crippen LogP contribution >= 0.6 is 23.2 Å². The quantitative estimate of drug-likeness (QED) is 0.887. The first-order valence-corrected chi connectivity index (χ1v) is 6.15. The smallest absolute Gasteiger partial charge is 0.138 e. The Morgan fingerprint density at radius 3 is 2.71 bits per heavy atom. The third-order valence-corrected chi connectivity index (χ3v) is 3.12. The van der Waals surface area contributed by atoms with Gasteiger partial charge in [0.1, 0.15) is 5.75 Å². The summed E-state index contributed by atoms with van der Waals surface area (Å²) in [6.45, 7) is 3.58. The van der Waals surface area contributed by atoms with Crippen LogP contribution in [0, 0.1) is 0 Å². The second-order valence-electron chi connectivity index (χ2n) is 3.83. The van der Waals surface area contributed by atoms with Gasteiger partial charge in [-0.3, -0.25) is 5.43 Å². The summed E-state index contributed by atoms with van der Waals surface area (Å²) < 4.78 is 5.24. The van der Waals surface area contributed by atoms with Crippen LogP contribution in [0.2, 0.25) is 10.0 Å². The van der Waals surface area contributed by atoms with E-state index in [1.807, 2.05) is 0 Å². The molecule has 0 amide bonds. The van der Waals surface area contributed by atoms with Crippen LogP contribution in [0.4, 0.5) is 0 Å². The summed E-state index contributed by atoms with van der Waals surface area (Å²) >= 11 is 11.7. The zero-order valence-corrected chi connectivity index (χ0v) is 10.8. The lowest BCUT2D eigenvalue weighted by Crippen LogP contribution is -2.45. The average molecular weight is 277 g/mol. The molecule has 0 radical (unpaired) electrons. The summed E-state index contributed by atoms with van der Waals surface area (Å²) in [5.41, 5.74) is 3.90. The van der Waals surface area contributed by atoms with Crippen molar-refractivity contribution in [2.75, 3.05) is 26.3 Å². The van der Waals surface area contributed by atoms with Crippen LogP contribution in [-0.2, 0) is 11.3 Å². The molecule has 2 N–H and O–H groups in total. The molecule has 0 saturated carbocycles. The third-order valence-electron chi connectivity index (χ3n) is 2.61. The highest BCUT2D eigenvalue weighted by Crippen LogP contribution is 2.30. The van der Waals surface area contributed by atoms with Crippen molar-refractivity contribution in [3.8, 4) is 5.75 Å². The first kappa shape index (κ1) is 12.9. The maximum Gasteiger partial charge on any atom is 0.138 e. The van der Waals surface area contributed by atoms with Crippen molar-refractivity contribution in [2.45, 2.75) is 6.54 Å². The minimum atomic E-state index is 0.0804. The number of halogens is 2. The SMILES string of the molecule is Oc1c(Cl)cc(Cl)cc1CNN1CCOCC1. The van der Waals surface area contributed by atoms with Gasteiger partial charge in [0.25, 0.3) is 0 Å². The van der Waals surface area contributed by atoms with Gasteiger partial charge in [0.15, 0.2) is 0 Å². The first-order chi connectivity index (χ1) is 8.16. The minimum absolute atomic E-state index is 0.0804. The van der Waals surface area contributed by atoms with E-state index in [1.165, 1.54) is 6.07 Å². The lowest BCUT2D eigenvalue weighted by molar-refractivity contribution is 0.0105. The second kappa shape index (κ2) is 5.89. The summed E-state index contributed by atoms with van der Waals surface area (Å²) in [6, 6.07) is 3.23. The number of aromatic hydroxyl groups is 1. The van der Waals surface area contributed by atoms with Gasteiger partial charge in [0, 0.05) is 30.2 Å². The highest BCUT2D eigenvalue weighted by atomic mass is 35.5. The highest BCUT2D eigenvalue weighted by Gasteiger charge is 2.12. The Hall–Kier alpha value is -0.520. The second-order valence-corrected chi connectivity index (χ2v) is 4.67. The molecular formula is C11H14Cl2N2O2. The average Bonchev–Trinajstić information content (AvgIpc) is 2.33. The predicted molar refractivity (Wildman–Crippen MR) is 67.4 cm³/mol. The Labute approximate surface area is 110 Å². The van der Waals surface area contributed by atoms with Gasteiger partial charge in [-0.1, -0.05) is 23.2 Å². The molecule has 1 saturated heterocycles.